The number of aliphatic hydroxyl groups is 1. The first-order valence-electron chi connectivity index (χ1n) is 9.00. The molecule has 1 aromatic carbocycles. The van der Waals surface area contributed by atoms with Gasteiger partial charge in [-0.1, -0.05) is 35.2 Å². The van der Waals surface area contributed by atoms with Crippen LogP contribution in [0.5, 0.6) is 5.75 Å². The number of anilines is 1. The molecule has 0 unspecified atom stereocenters. The first-order chi connectivity index (χ1) is 14.5. The minimum atomic E-state index is -0.881. The predicted octanol–water partition coefficient (Wildman–Crippen LogP) is 4.03. The Hall–Kier alpha value is -3.11. The fourth-order valence-electron chi connectivity index (χ4n) is 3.19. The molecule has 0 radical (unpaired) electrons. The molecule has 0 saturated heterocycles. The van der Waals surface area contributed by atoms with Gasteiger partial charge in [-0.2, -0.15) is 0 Å². The van der Waals surface area contributed by atoms with Crippen molar-refractivity contribution in [1.82, 2.24) is 10.2 Å². The van der Waals surface area contributed by atoms with E-state index < -0.39 is 23.5 Å². The highest BCUT2D eigenvalue weighted by Gasteiger charge is 2.46. The quantitative estimate of drug-likeness (QED) is 0.331. The van der Waals surface area contributed by atoms with E-state index in [-0.39, 0.29) is 16.5 Å². The van der Waals surface area contributed by atoms with Gasteiger partial charge in [0.15, 0.2) is 15.9 Å². The summed E-state index contributed by atoms with van der Waals surface area (Å²) in [6.45, 7) is 2.39. The van der Waals surface area contributed by atoms with Crippen LogP contribution in [-0.4, -0.2) is 39.9 Å². The number of hydrogen-bond acceptors (Lipinski definition) is 9. The number of Topliss-reactive ketones (excluding diaryl/α,β-unsaturated/α-hetero) is 1. The normalized spacial score (nSPS) is 16.4. The van der Waals surface area contributed by atoms with Crippen LogP contribution in [0.15, 0.2) is 62.8 Å². The Bertz CT molecular complexity index is 1110. The van der Waals surface area contributed by atoms with E-state index >= 15 is 0 Å². The number of benzene rings is 1. The van der Waals surface area contributed by atoms with Crippen molar-refractivity contribution in [3.8, 4) is 5.75 Å². The first kappa shape index (κ1) is 20.2. The molecule has 154 valence electrons. The lowest BCUT2D eigenvalue weighted by molar-refractivity contribution is -0.117. The number of amides is 1. The van der Waals surface area contributed by atoms with Gasteiger partial charge in [0.2, 0.25) is 10.9 Å². The second-order valence-corrected chi connectivity index (χ2v) is 8.21. The van der Waals surface area contributed by atoms with Crippen molar-refractivity contribution in [3.05, 3.63) is 65.3 Å². The van der Waals surface area contributed by atoms with Crippen molar-refractivity contribution in [3.63, 3.8) is 0 Å². The minimum absolute atomic E-state index is 0.0317. The molecule has 0 bridgehead atoms. The van der Waals surface area contributed by atoms with E-state index in [2.05, 4.69) is 10.2 Å². The molecule has 1 aliphatic heterocycles. The number of aromatic nitrogens is 2. The molecule has 2 aromatic heterocycles. The van der Waals surface area contributed by atoms with E-state index in [0.717, 1.165) is 0 Å². The number of carbonyl (C=O) groups excluding carboxylic acids is 2. The molecule has 0 spiro atoms. The number of aliphatic hydroxyl groups excluding tert-OH is 1. The zero-order valence-corrected chi connectivity index (χ0v) is 17.7. The maximum Gasteiger partial charge on any atom is 0.296 e. The van der Waals surface area contributed by atoms with Gasteiger partial charge >= 0.3 is 0 Å². The highest BCUT2D eigenvalue weighted by Crippen LogP contribution is 2.43. The van der Waals surface area contributed by atoms with E-state index in [9.17, 15) is 14.7 Å². The number of hydrogen-bond donors (Lipinski definition) is 1. The SMILES string of the molecule is CCOc1ccc([C@@H]2C(C(=O)c3ccco3)=C(O)C(=O)N2c2nnc(SC)s2)cc1. The fraction of sp³-hybridized carbons (Fsp3) is 0.200. The average molecular weight is 444 g/mol. The van der Waals surface area contributed by atoms with E-state index in [4.69, 9.17) is 9.15 Å². The summed E-state index contributed by atoms with van der Waals surface area (Å²) in [4.78, 5) is 27.4. The van der Waals surface area contributed by atoms with Gasteiger partial charge in [0.25, 0.3) is 5.91 Å². The molecule has 10 heteroatoms. The van der Waals surface area contributed by atoms with Crippen LogP contribution < -0.4 is 9.64 Å². The van der Waals surface area contributed by atoms with Crippen LogP contribution in [0.25, 0.3) is 0 Å². The molecule has 3 heterocycles. The predicted molar refractivity (Wildman–Crippen MR) is 112 cm³/mol. The van der Waals surface area contributed by atoms with E-state index in [1.807, 2.05) is 13.2 Å². The van der Waals surface area contributed by atoms with Gasteiger partial charge in [0, 0.05) is 0 Å². The van der Waals surface area contributed by atoms with Gasteiger partial charge < -0.3 is 14.3 Å². The molecule has 4 rings (SSSR count). The number of nitrogens with zero attached hydrogens (tertiary/aromatic N) is 3. The molecular weight excluding hydrogens is 426 g/mol. The summed E-state index contributed by atoms with van der Waals surface area (Å²) in [5, 5.41) is 19.1. The smallest absolute Gasteiger partial charge is 0.296 e. The Labute approximate surface area is 180 Å². The van der Waals surface area contributed by atoms with Crippen LogP contribution in [0.3, 0.4) is 0 Å². The molecule has 1 aliphatic rings. The van der Waals surface area contributed by atoms with Crippen molar-refractivity contribution in [2.75, 3.05) is 17.8 Å². The third-order valence-electron chi connectivity index (χ3n) is 4.48. The first-order valence-corrected chi connectivity index (χ1v) is 11.0. The molecule has 1 amide bonds. The molecule has 8 nitrogen and oxygen atoms in total. The third-order valence-corrected chi connectivity index (χ3v) is 6.38. The maximum absolute atomic E-state index is 13.1. The van der Waals surface area contributed by atoms with E-state index in [1.165, 1.54) is 40.3 Å². The topological polar surface area (TPSA) is 106 Å². The molecular formula is C20H17N3O5S2. The number of carbonyl (C=O) groups is 2. The summed E-state index contributed by atoms with van der Waals surface area (Å²) in [7, 11) is 0. The molecule has 1 N–H and O–H groups in total. The number of ketones is 1. The van der Waals surface area contributed by atoms with Crippen LogP contribution >= 0.6 is 23.1 Å². The minimum Gasteiger partial charge on any atom is -0.503 e. The molecule has 0 fully saturated rings. The molecule has 30 heavy (non-hydrogen) atoms. The maximum atomic E-state index is 13.1. The Morgan fingerprint density at radius 2 is 2.07 bits per heavy atom. The standard InChI is InChI=1S/C20H17N3O5S2/c1-3-27-12-8-6-11(7-9-12)15-14(16(24)13-5-4-10-28-13)17(25)18(26)23(15)19-21-22-20(29-2)30-19/h4-10,15,25H,3H2,1-2H3/t15-/m1/s1. The summed E-state index contributed by atoms with van der Waals surface area (Å²) in [5.41, 5.74) is 0.548. The molecule has 0 saturated carbocycles. The van der Waals surface area contributed by atoms with Crippen molar-refractivity contribution < 1.29 is 23.8 Å². The van der Waals surface area contributed by atoms with Crippen molar-refractivity contribution in [1.29, 1.82) is 0 Å². The zero-order chi connectivity index (χ0) is 21.3. The summed E-state index contributed by atoms with van der Waals surface area (Å²) in [5.74, 6) is -1.22. The van der Waals surface area contributed by atoms with Gasteiger partial charge in [-0.05, 0) is 43.0 Å². The van der Waals surface area contributed by atoms with Crippen molar-refractivity contribution >= 4 is 39.9 Å². The summed E-state index contributed by atoms with van der Waals surface area (Å²) in [6, 6.07) is 9.18. The van der Waals surface area contributed by atoms with Gasteiger partial charge in [-0.25, -0.2) is 0 Å². The highest BCUT2D eigenvalue weighted by molar-refractivity contribution is 8.00. The highest BCUT2D eigenvalue weighted by atomic mass is 32.2. The van der Waals surface area contributed by atoms with E-state index in [0.29, 0.717) is 22.3 Å². The van der Waals surface area contributed by atoms with Crippen molar-refractivity contribution in [2.45, 2.75) is 17.3 Å². The summed E-state index contributed by atoms with van der Waals surface area (Å²) in [6.07, 6.45) is 3.21. The van der Waals surface area contributed by atoms with Crippen LogP contribution in [0.1, 0.15) is 29.1 Å². The monoisotopic (exact) mass is 443 g/mol. The average Bonchev–Trinajstić information content (AvgIpc) is 3.49. The van der Waals surface area contributed by atoms with Gasteiger partial charge in [0.1, 0.15) is 5.75 Å². The number of rotatable bonds is 7. The zero-order valence-electron chi connectivity index (χ0n) is 16.1. The third kappa shape index (κ3) is 3.48. The summed E-state index contributed by atoms with van der Waals surface area (Å²) < 4.78 is 11.4. The lowest BCUT2D eigenvalue weighted by Crippen LogP contribution is -2.31. The van der Waals surface area contributed by atoms with E-state index in [1.54, 1.807) is 30.3 Å². The lowest BCUT2D eigenvalue weighted by atomic mass is 9.95. The Balaban J connectivity index is 1.82. The Kier molecular flexibility index (Phi) is 5.60. The molecule has 1 atom stereocenters. The van der Waals surface area contributed by atoms with Crippen LogP contribution in [0.2, 0.25) is 0 Å². The molecule has 0 aliphatic carbocycles. The number of furan rings is 1. The van der Waals surface area contributed by atoms with Crippen molar-refractivity contribution in [2.24, 2.45) is 0 Å². The fourth-order valence-corrected chi connectivity index (χ4v) is 4.47. The second kappa shape index (κ2) is 8.33. The largest absolute Gasteiger partial charge is 0.503 e. The van der Waals surface area contributed by atoms with Gasteiger partial charge in [-0.3, -0.25) is 14.5 Å². The number of thioether (sulfide) groups is 1. The second-order valence-electron chi connectivity index (χ2n) is 6.20. The van der Waals surface area contributed by atoms with Crippen LogP contribution in [0.4, 0.5) is 5.13 Å². The van der Waals surface area contributed by atoms with Crippen LogP contribution in [-0.2, 0) is 4.79 Å². The Morgan fingerprint density at radius 3 is 2.67 bits per heavy atom. The lowest BCUT2D eigenvalue weighted by Gasteiger charge is -2.24. The van der Waals surface area contributed by atoms with Gasteiger partial charge in [0.05, 0.1) is 24.5 Å². The van der Waals surface area contributed by atoms with Crippen LogP contribution in [0, 0.1) is 0 Å². The Morgan fingerprint density at radius 1 is 1.30 bits per heavy atom. The number of ether oxygens (including phenoxy) is 1. The molecule has 3 aromatic rings. The van der Waals surface area contributed by atoms with Gasteiger partial charge in [-0.15, -0.1) is 10.2 Å². The summed E-state index contributed by atoms with van der Waals surface area (Å²) >= 11 is 2.60.